The Balaban J connectivity index is 1.90. The summed E-state index contributed by atoms with van der Waals surface area (Å²) in [7, 11) is 0. The highest BCUT2D eigenvalue weighted by Gasteiger charge is 2.31. The molecule has 3 rings (SSSR count). The number of nitro groups is 1. The van der Waals surface area contributed by atoms with Crippen molar-refractivity contribution in [2.75, 3.05) is 0 Å². The van der Waals surface area contributed by atoms with Crippen molar-refractivity contribution < 1.29 is 9.72 Å². The summed E-state index contributed by atoms with van der Waals surface area (Å²) in [6.45, 7) is 3.50. The molecule has 0 aromatic heterocycles. The van der Waals surface area contributed by atoms with Crippen molar-refractivity contribution in [3.05, 3.63) is 75.3 Å². The first-order valence-corrected chi connectivity index (χ1v) is 7.64. The SMILES string of the molecule is CC(=O)N1N=C(c2ccc([N+](=O)[O-])cc2)C[C@@H]1c1ccc(C)cc1. The van der Waals surface area contributed by atoms with Crippen molar-refractivity contribution in [2.45, 2.75) is 26.3 Å². The quantitative estimate of drug-likeness (QED) is 0.639. The summed E-state index contributed by atoms with van der Waals surface area (Å²) in [5.74, 6) is -0.127. The zero-order valence-electron chi connectivity index (χ0n) is 13.5. The van der Waals surface area contributed by atoms with Gasteiger partial charge < -0.3 is 0 Å². The van der Waals surface area contributed by atoms with Crippen LogP contribution in [0.25, 0.3) is 0 Å². The van der Waals surface area contributed by atoms with Crippen LogP contribution in [0.5, 0.6) is 0 Å². The Bertz CT molecular complexity index is 810. The monoisotopic (exact) mass is 323 g/mol. The van der Waals surface area contributed by atoms with Crippen LogP contribution in [-0.2, 0) is 4.79 Å². The number of nitrogens with zero attached hydrogens (tertiary/aromatic N) is 3. The predicted octanol–water partition coefficient (Wildman–Crippen LogP) is 3.60. The molecule has 1 amide bonds. The summed E-state index contributed by atoms with van der Waals surface area (Å²) in [6.07, 6.45) is 0.584. The molecule has 2 aromatic carbocycles. The number of carbonyl (C=O) groups excluding carboxylic acids is 1. The van der Waals surface area contributed by atoms with E-state index in [4.69, 9.17) is 0 Å². The molecule has 0 radical (unpaired) electrons. The van der Waals surface area contributed by atoms with Crippen molar-refractivity contribution in [3.63, 3.8) is 0 Å². The van der Waals surface area contributed by atoms with E-state index in [1.165, 1.54) is 24.1 Å². The third kappa shape index (κ3) is 3.03. The Morgan fingerprint density at radius 3 is 2.33 bits per heavy atom. The highest BCUT2D eigenvalue weighted by molar-refractivity contribution is 6.03. The highest BCUT2D eigenvalue weighted by Crippen LogP contribution is 2.33. The van der Waals surface area contributed by atoms with Crippen LogP contribution in [0.1, 0.15) is 36.1 Å². The highest BCUT2D eigenvalue weighted by atomic mass is 16.6. The first-order chi connectivity index (χ1) is 11.5. The lowest BCUT2D eigenvalue weighted by molar-refractivity contribution is -0.384. The fourth-order valence-corrected chi connectivity index (χ4v) is 2.80. The van der Waals surface area contributed by atoms with E-state index in [1.54, 1.807) is 12.1 Å². The van der Waals surface area contributed by atoms with Crippen molar-refractivity contribution in [2.24, 2.45) is 5.10 Å². The van der Waals surface area contributed by atoms with Crippen LogP contribution in [0.3, 0.4) is 0 Å². The number of hydrogen-bond acceptors (Lipinski definition) is 4. The number of rotatable bonds is 3. The van der Waals surface area contributed by atoms with Crippen LogP contribution in [0.2, 0.25) is 0 Å². The van der Waals surface area contributed by atoms with Crippen molar-refractivity contribution >= 4 is 17.3 Å². The molecule has 0 aliphatic carbocycles. The molecular weight excluding hydrogens is 306 g/mol. The van der Waals surface area contributed by atoms with Crippen LogP contribution in [-0.4, -0.2) is 21.6 Å². The zero-order valence-corrected chi connectivity index (χ0v) is 13.5. The van der Waals surface area contributed by atoms with E-state index in [-0.39, 0.29) is 17.6 Å². The number of nitro benzene ring substituents is 1. The maximum Gasteiger partial charge on any atom is 0.269 e. The lowest BCUT2D eigenvalue weighted by Gasteiger charge is -2.20. The zero-order chi connectivity index (χ0) is 17.3. The molecule has 24 heavy (non-hydrogen) atoms. The van der Waals surface area contributed by atoms with Crippen LogP contribution in [0.15, 0.2) is 53.6 Å². The van der Waals surface area contributed by atoms with Gasteiger partial charge >= 0.3 is 0 Å². The number of hydrogen-bond donors (Lipinski definition) is 0. The molecule has 122 valence electrons. The second-order valence-corrected chi connectivity index (χ2v) is 5.84. The third-order valence-corrected chi connectivity index (χ3v) is 4.11. The number of hydrazone groups is 1. The maximum atomic E-state index is 11.9. The van der Waals surface area contributed by atoms with Gasteiger partial charge in [0.2, 0.25) is 5.91 Å². The molecule has 0 saturated heterocycles. The molecule has 0 fully saturated rings. The number of carbonyl (C=O) groups is 1. The molecule has 0 saturated carbocycles. The van der Waals surface area contributed by atoms with Crippen LogP contribution in [0, 0.1) is 17.0 Å². The summed E-state index contributed by atoms with van der Waals surface area (Å²) in [4.78, 5) is 22.3. The average Bonchev–Trinajstić information content (AvgIpc) is 3.01. The molecule has 0 N–H and O–H groups in total. The molecule has 0 bridgehead atoms. The first kappa shape index (κ1) is 15.9. The summed E-state index contributed by atoms with van der Waals surface area (Å²) in [6, 6.07) is 14.1. The fourth-order valence-electron chi connectivity index (χ4n) is 2.80. The minimum atomic E-state index is -0.433. The minimum Gasteiger partial charge on any atom is -0.273 e. The van der Waals surface area contributed by atoms with Gasteiger partial charge in [0.05, 0.1) is 16.7 Å². The Labute approximate surface area is 139 Å². The van der Waals surface area contributed by atoms with Crippen LogP contribution in [0.4, 0.5) is 5.69 Å². The number of non-ortho nitro benzene ring substituents is 1. The molecule has 6 heteroatoms. The summed E-state index contributed by atoms with van der Waals surface area (Å²) in [5.41, 5.74) is 3.77. The largest absolute Gasteiger partial charge is 0.273 e. The summed E-state index contributed by atoms with van der Waals surface area (Å²) >= 11 is 0. The lowest BCUT2D eigenvalue weighted by Crippen LogP contribution is -2.24. The van der Waals surface area contributed by atoms with Gasteiger partial charge in [0.15, 0.2) is 0 Å². The number of benzene rings is 2. The Kier molecular flexibility index (Phi) is 4.12. The average molecular weight is 323 g/mol. The molecule has 0 spiro atoms. The third-order valence-electron chi connectivity index (χ3n) is 4.11. The maximum absolute atomic E-state index is 11.9. The second-order valence-electron chi connectivity index (χ2n) is 5.84. The van der Waals surface area contributed by atoms with Gasteiger partial charge in [-0.2, -0.15) is 5.10 Å². The van der Waals surface area contributed by atoms with E-state index >= 15 is 0 Å². The molecular formula is C18H17N3O3. The molecule has 0 unspecified atom stereocenters. The topological polar surface area (TPSA) is 75.8 Å². The Morgan fingerprint density at radius 1 is 1.17 bits per heavy atom. The van der Waals surface area contributed by atoms with Gasteiger partial charge in [0.1, 0.15) is 0 Å². The van der Waals surface area contributed by atoms with E-state index < -0.39 is 4.92 Å². The normalized spacial score (nSPS) is 16.8. The molecule has 1 atom stereocenters. The molecule has 1 aliphatic heterocycles. The van der Waals surface area contributed by atoms with Gasteiger partial charge in [0.25, 0.3) is 5.69 Å². The summed E-state index contributed by atoms with van der Waals surface area (Å²) < 4.78 is 0. The molecule has 1 aliphatic rings. The standard InChI is InChI=1S/C18H17N3O3/c1-12-3-5-15(6-4-12)18-11-17(19-20(18)13(2)22)14-7-9-16(10-8-14)21(23)24/h3-10,18H,11H2,1-2H3/t18-/m1/s1. The van der Waals surface area contributed by atoms with E-state index in [1.807, 2.05) is 31.2 Å². The van der Waals surface area contributed by atoms with E-state index in [2.05, 4.69) is 5.10 Å². The van der Waals surface area contributed by atoms with Gasteiger partial charge in [-0.25, -0.2) is 5.01 Å². The number of aryl methyl sites for hydroxylation is 1. The van der Waals surface area contributed by atoms with Gasteiger partial charge in [-0.05, 0) is 30.2 Å². The lowest BCUT2D eigenvalue weighted by atomic mass is 9.97. The van der Waals surface area contributed by atoms with E-state index in [9.17, 15) is 14.9 Å². The van der Waals surface area contributed by atoms with Gasteiger partial charge in [-0.15, -0.1) is 0 Å². The number of amides is 1. The van der Waals surface area contributed by atoms with Crippen molar-refractivity contribution in [3.8, 4) is 0 Å². The van der Waals surface area contributed by atoms with E-state index in [0.717, 1.165) is 22.4 Å². The van der Waals surface area contributed by atoms with E-state index in [0.29, 0.717) is 6.42 Å². The fraction of sp³-hybridized carbons (Fsp3) is 0.222. The molecule has 2 aromatic rings. The van der Waals surface area contributed by atoms with Crippen molar-refractivity contribution in [1.29, 1.82) is 0 Å². The Hall–Kier alpha value is -3.02. The van der Waals surface area contributed by atoms with Crippen LogP contribution >= 0.6 is 0 Å². The van der Waals surface area contributed by atoms with Gasteiger partial charge in [0, 0.05) is 25.5 Å². The molecule has 6 nitrogen and oxygen atoms in total. The minimum absolute atomic E-state index is 0.0378. The van der Waals surface area contributed by atoms with Gasteiger partial charge in [-0.1, -0.05) is 29.8 Å². The summed E-state index contributed by atoms with van der Waals surface area (Å²) in [5, 5.41) is 16.7. The van der Waals surface area contributed by atoms with Crippen LogP contribution < -0.4 is 0 Å². The molecule has 1 heterocycles. The first-order valence-electron chi connectivity index (χ1n) is 7.64. The Morgan fingerprint density at radius 2 is 1.79 bits per heavy atom. The van der Waals surface area contributed by atoms with Crippen molar-refractivity contribution in [1.82, 2.24) is 5.01 Å². The smallest absolute Gasteiger partial charge is 0.269 e. The van der Waals surface area contributed by atoms with Gasteiger partial charge in [-0.3, -0.25) is 14.9 Å². The second kappa shape index (κ2) is 6.23. The predicted molar refractivity (Wildman–Crippen MR) is 90.7 cm³/mol.